The Morgan fingerprint density at radius 1 is 1.35 bits per heavy atom. The van der Waals surface area contributed by atoms with Gasteiger partial charge in [0.2, 0.25) is 0 Å². The maximum absolute atomic E-state index is 11.9. The number of ether oxygens (including phenoxy) is 1. The van der Waals surface area contributed by atoms with Crippen LogP contribution in [-0.2, 0) is 10.3 Å². The first-order valence-corrected chi connectivity index (χ1v) is 7.63. The molecule has 0 atom stereocenters. The van der Waals surface area contributed by atoms with Gasteiger partial charge >= 0.3 is 6.09 Å². The molecule has 0 spiro atoms. The van der Waals surface area contributed by atoms with Gasteiger partial charge in [0.25, 0.3) is 0 Å². The lowest BCUT2D eigenvalue weighted by atomic mass is 9.91. The maximum atomic E-state index is 11.9. The molecular weight excluding hydrogens is 250 g/mol. The number of nitrogens with one attached hydrogen (secondary N) is 1. The second-order valence-electron chi connectivity index (χ2n) is 5.94. The van der Waals surface area contributed by atoms with E-state index in [4.69, 9.17) is 4.74 Å². The standard InChI is InChI=1S/C17H25NO2/c1-4-5-12-20-16(19)18-17(10-11-17)15-9-7-6-8-14(15)13(2)3/h6-9,13H,4-5,10-12H2,1-3H3,(H,18,19). The molecule has 0 radical (unpaired) electrons. The second-order valence-corrected chi connectivity index (χ2v) is 5.94. The molecule has 20 heavy (non-hydrogen) atoms. The fraction of sp³-hybridized carbons (Fsp3) is 0.588. The minimum Gasteiger partial charge on any atom is -0.450 e. The van der Waals surface area contributed by atoms with Gasteiger partial charge in [0.05, 0.1) is 12.1 Å². The van der Waals surface area contributed by atoms with E-state index in [1.807, 2.05) is 6.07 Å². The van der Waals surface area contributed by atoms with Crippen molar-refractivity contribution in [2.24, 2.45) is 0 Å². The largest absolute Gasteiger partial charge is 0.450 e. The van der Waals surface area contributed by atoms with Gasteiger partial charge < -0.3 is 10.1 Å². The Balaban J connectivity index is 2.06. The number of hydrogen-bond donors (Lipinski definition) is 1. The monoisotopic (exact) mass is 275 g/mol. The Morgan fingerprint density at radius 2 is 2.05 bits per heavy atom. The van der Waals surface area contributed by atoms with Gasteiger partial charge in [0.15, 0.2) is 0 Å². The molecule has 110 valence electrons. The SMILES string of the molecule is CCCCOC(=O)NC1(c2ccccc2C(C)C)CC1. The van der Waals surface area contributed by atoms with Crippen molar-refractivity contribution in [2.45, 2.75) is 57.9 Å². The lowest BCUT2D eigenvalue weighted by Crippen LogP contribution is -2.36. The van der Waals surface area contributed by atoms with Crippen molar-refractivity contribution in [1.82, 2.24) is 5.32 Å². The highest BCUT2D eigenvalue weighted by Gasteiger charge is 2.47. The highest BCUT2D eigenvalue weighted by molar-refractivity contribution is 5.69. The zero-order chi connectivity index (χ0) is 14.6. The highest BCUT2D eigenvalue weighted by Crippen LogP contribution is 2.48. The number of amides is 1. The third-order valence-electron chi connectivity index (χ3n) is 3.92. The molecule has 0 saturated heterocycles. The molecule has 0 bridgehead atoms. The Labute approximate surface area is 121 Å². The zero-order valence-electron chi connectivity index (χ0n) is 12.7. The second kappa shape index (κ2) is 6.29. The number of carbonyl (C=O) groups is 1. The summed E-state index contributed by atoms with van der Waals surface area (Å²) in [5, 5.41) is 3.08. The quantitative estimate of drug-likeness (QED) is 0.785. The fourth-order valence-electron chi connectivity index (χ4n) is 2.56. The van der Waals surface area contributed by atoms with Gasteiger partial charge in [0, 0.05) is 0 Å². The van der Waals surface area contributed by atoms with Crippen LogP contribution in [0.1, 0.15) is 63.5 Å². The van der Waals surface area contributed by atoms with E-state index >= 15 is 0 Å². The molecule has 0 unspecified atom stereocenters. The average Bonchev–Trinajstić information content (AvgIpc) is 3.20. The van der Waals surface area contributed by atoms with Crippen LogP contribution in [0, 0.1) is 0 Å². The Bertz CT molecular complexity index is 464. The minimum atomic E-state index is -0.283. The van der Waals surface area contributed by atoms with E-state index in [-0.39, 0.29) is 11.6 Å². The molecule has 1 amide bonds. The summed E-state index contributed by atoms with van der Waals surface area (Å²) < 4.78 is 5.23. The van der Waals surface area contributed by atoms with Crippen LogP contribution in [-0.4, -0.2) is 12.7 Å². The summed E-state index contributed by atoms with van der Waals surface area (Å²) in [4.78, 5) is 11.9. The molecule has 3 heteroatoms. The van der Waals surface area contributed by atoms with Gasteiger partial charge in [-0.1, -0.05) is 51.5 Å². The molecule has 3 nitrogen and oxygen atoms in total. The van der Waals surface area contributed by atoms with Crippen LogP contribution in [0.2, 0.25) is 0 Å². The predicted molar refractivity (Wildman–Crippen MR) is 80.8 cm³/mol. The van der Waals surface area contributed by atoms with Crippen molar-refractivity contribution in [2.75, 3.05) is 6.61 Å². The van der Waals surface area contributed by atoms with E-state index in [0.29, 0.717) is 12.5 Å². The van der Waals surface area contributed by atoms with E-state index < -0.39 is 0 Å². The molecule has 1 fully saturated rings. The fourth-order valence-corrected chi connectivity index (χ4v) is 2.56. The number of benzene rings is 1. The maximum Gasteiger partial charge on any atom is 0.407 e. The Morgan fingerprint density at radius 3 is 2.65 bits per heavy atom. The Kier molecular flexibility index (Phi) is 4.69. The normalized spacial score (nSPS) is 16.0. The molecule has 1 aliphatic carbocycles. The van der Waals surface area contributed by atoms with E-state index in [0.717, 1.165) is 25.7 Å². The molecule has 0 heterocycles. The first kappa shape index (κ1) is 14.9. The van der Waals surface area contributed by atoms with E-state index in [9.17, 15) is 4.79 Å². The van der Waals surface area contributed by atoms with Crippen LogP contribution < -0.4 is 5.32 Å². The van der Waals surface area contributed by atoms with Crippen LogP contribution >= 0.6 is 0 Å². The molecule has 0 aliphatic heterocycles. The molecule has 1 saturated carbocycles. The number of hydrogen-bond acceptors (Lipinski definition) is 2. The van der Waals surface area contributed by atoms with Gasteiger partial charge in [-0.25, -0.2) is 4.79 Å². The molecule has 1 aliphatic rings. The summed E-state index contributed by atoms with van der Waals surface area (Å²) in [6.07, 6.45) is 3.67. The number of rotatable bonds is 6. The van der Waals surface area contributed by atoms with Crippen molar-refractivity contribution < 1.29 is 9.53 Å². The van der Waals surface area contributed by atoms with Crippen LogP contribution in [0.5, 0.6) is 0 Å². The number of unbranched alkanes of at least 4 members (excludes halogenated alkanes) is 1. The van der Waals surface area contributed by atoms with Gasteiger partial charge in [-0.05, 0) is 36.3 Å². The summed E-state index contributed by atoms with van der Waals surface area (Å²) in [5.74, 6) is 0.460. The topological polar surface area (TPSA) is 38.3 Å². The summed E-state index contributed by atoms with van der Waals surface area (Å²) in [6, 6.07) is 8.40. The molecule has 1 N–H and O–H groups in total. The molecule has 1 aromatic rings. The molecule has 1 aromatic carbocycles. The van der Waals surface area contributed by atoms with E-state index in [2.05, 4.69) is 44.3 Å². The average molecular weight is 275 g/mol. The number of carbonyl (C=O) groups excluding carboxylic acids is 1. The van der Waals surface area contributed by atoms with Gasteiger partial charge in [-0.3, -0.25) is 0 Å². The van der Waals surface area contributed by atoms with E-state index in [1.165, 1.54) is 11.1 Å². The van der Waals surface area contributed by atoms with Crippen LogP contribution in [0.3, 0.4) is 0 Å². The third-order valence-corrected chi connectivity index (χ3v) is 3.92. The molecule has 2 rings (SSSR count). The van der Waals surface area contributed by atoms with Crippen molar-refractivity contribution >= 4 is 6.09 Å². The first-order valence-electron chi connectivity index (χ1n) is 7.63. The van der Waals surface area contributed by atoms with Gasteiger partial charge in [0.1, 0.15) is 0 Å². The smallest absolute Gasteiger partial charge is 0.407 e. The van der Waals surface area contributed by atoms with Gasteiger partial charge in [-0.2, -0.15) is 0 Å². The third kappa shape index (κ3) is 3.33. The summed E-state index contributed by atoms with van der Waals surface area (Å²) in [7, 11) is 0. The predicted octanol–water partition coefficient (Wildman–Crippen LogP) is 4.33. The summed E-state index contributed by atoms with van der Waals surface area (Å²) in [6.45, 7) is 6.97. The molecular formula is C17H25NO2. The lowest BCUT2D eigenvalue weighted by Gasteiger charge is -2.22. The first-order chi connectivity index (χ1) is 9.59. The van der Waals surface area contributed by atoms with E-state index in [1.54, 1.807) is 0 Å². The van der Waals surface area contributed by atoms with Crippen LogP contribution in [0.4, 0.5) is 4.79 Å². The zero-order valence-corrected chi connectivity index (χ0v) is 12.7. The van der Waals surface area contributed by atoms with Crippen LogP contribution in [0.25, 0.3) is 0 Å². The van der Waals surface area contributed by atoms with Crippen molar-refractivity contribution in [3.8, 4) is 0 Å². The number of alkyl carbamates (subject to hydrolysis) is 1. The van der Waals surface area contributed by atoms with Crippen LogP contribution in [0.15, 0.2) is 24.3 Å². The molecule has 0 aromatic heterocycles. The summed E-state index contributed by atoms with van der Waals surface area (Å²) in [5.41, 5.74) is 2.38. The summed E-state index contributed by atoms with van der Waals surface area (Å²) >= 11 is 0. The minimum absolute atomic E-state index is 0.190. The highest BCUT2D eigenvalue weighted by atomic mass is 16.5. The van der Waals surface area contributed by atoms with Crippen molar-refractivity contribution in [3.63, 3.8) is 0 Å². The van der Waals surface area contributed by atoms with Gasteiger partial charge in [-0.15, -0.1) is 0 Å². The van der Waals surface area contributed by atoms with Crippen molar-refractivity contribution in [1.29, 1.82) is 0 Å². The lowest BCUT2D eigenvalue weighted by molar-refractivity contribution is 0.139. The van der Waals surface area contributed by atoms with Crippen molar-refractivity contribution in [3.05, 3.63) is 35.4 Å². The Hall–Kier alpha value is -1.51.